The number of rotatable bonds is 3. The fourth-order valence-electron chi connectivity index (χ4n) is 2.66. The van der Waals surface area contributed by atoms with Crippen molar-refractivity contribution >= 4 is 37.2 Å². The number of H-pyrrole nitrogens is 1. The zero-order valence-corrected chi connectivity index (χ0v) is 14.1. The van der Waals surface area contributed by atoms with Crippen molar-refractivity contribution in [3.05, 3.63) is 60.7 Å². The highest BCUT2D eigenvalue weighted by molar-refractivity contribution is 7.93. The Hall–Kier alpha value is -2.64. The minimum atomic E-state index is -3.65. The SMILES string of the molecule is Nc1n[nH]c2sc(S(=O)(=O)c3ccccc3)c(-c3ccccc3)c12. The van der Waals surface area contributed by atoms with Gasteiger partial charge in [-0.3, -0.25) is 5.10 Å². The number of aromatic amines is 1. The Bertz CT molecular complexity index is 1110. The van der Waals surface area contributed by atoms with Crippen LogP contribution < -0.4 is 5.73 Å². The fraction of sp³-hybridized carbons (Fsp3) is 0. The van der Waals surface area contributed by atoms with E-state index in [4.69, 9.17) is 5.73 Å². The van der Waals surface area contributed by atoms with Gasteiger partial charge in [0.25, 0.3) is 0 Å². The molecule has 2 aromatic heterocycles. The van der Waals surface area contributed by atoms with E-state index in [1.807, 2.05) is 30.3 Å². The van der Waals surface area contributed by atoms with E-state index in [9.17, 15) is 8.42 Å². The fourth-order valence-corrected chi connectivity index (χ4v) is 5.77. The van der Waals surface area contributed by atoms with Crippen LogP contribution in [0.1, 0.15) is 0 Å². The smallest absolute Gasteiger partial charge is 0.216 e. The molecule has 0 radical (unpaired) electrons. The van der Waals surface area contributed by atoms with Gasteiger partial charge >= 0.3 is 0 Å². The molecule has 0 bridgehead atoms. The average Bonchev–Trinajstić information content (AvgIpc) is 3.17. The molecule has 0 aliphatic rings. The number of anilines is 1. The molecule has 3 N–H and O–H groups in total. The third-order valence-electron chi connectivity index (χ3n) is 3.77. The molecule has 2 heterocycles. The first-order valence-corrected chi connectivity index (χ1v) is 9.51. The van der Waals surface area contributed by atoms with Gasteiger partial charge in [0.05, 0.1) is 10.3 Å². The van der Waals surface area contributed by atoms with E-state index in [0.29, 0.717) is 21.6 Å². The van der Waals surface area contributed by atoms with Crippen molar-refractivity contribution in [1.29, 1.82) is 0 Å². The lowest BCUT2D eigenvalue weighted by Crippen LogP contribution is -2.01. The Morgan fingerprint density at radius 2 is 1.58 bits per heavy atom. The zero-order valence-electron chi connectivity index (χ0n) is 12.4. The molecule has 4 rings (SSSR count). The molecule has 4 aromatic rings. The minimum absolute atomic E-state index is 0.262. The van der Waals surface area contributed by atoms with Gasteiger partial charge in [-0.15, -0.1) is 11.3 Å². The molecule has 0 fully saturated rings. The molecule has 0 saturated heterocycles. The Kier molecular flexibility index (Phi) is 3.40. The van der Waals surface area contributed by atoms with Crippen molar-refractivity contribution in [2.45, 2.75) is 9.10 Å². The number of hydrogen-bond acceptors (Lipinski definition) is 5. The van der Waals surface area contributed by atoms with Crippen LogP contribution in [0.2, 0.25) is 0 Å². The van der Waals surface area contributed by atoms with Crippen molar-refractivity contribution in [3.8, 4) is 11.1 Å². The van der Waals surface area contributed by atoms with Gasteiger partial charge < -0.3 is 5.73 Å². The molecular formula is C17H13N3O2S2. The number of fused-ring (bicyclic) bond motifs is 1. The average molecular weight is 355 g/mol. The van der Waals surface area contributed by atoms with E-state index in [0.717, 1.165) is 16.9 Å². The third-order valence-corrected chi connectivity index (χ3v) is 7.15. The Morgan fingerprint density at radius 1 is 0.958 bits per heavy atom. The van der Waals surface area contributed by atoms with Gasteiger partial charge in [0.15, 0.2) is 5.82 Å². The van der Waals surface area contributed by atoms with Crippen molar-refractivity contribution in [2.75, 3.05) is 5.73 Å². The van der Waals surface area contributed by atoms with Gasteiger partial charge in [-0.1, -0.05) is 48.5 Å². The van der Waals surface area contributed by atoms with E-state index < -0.39 is 9.84 Å². The number of nitrogens with one attached hydrogen (secondary N) is 1. The summed E-state index contributed by atoms with van der Waals surface area (Å²) in [6.45, 7) is 0. The zero-order chi connectivity index (χ0) is 16.7. The quantitative estimate of drug-likeness (QED) is 0.586. The Morgan fingerprint density at radius 3 is 2.25 bits per heavy atom. The van der Waals surface area contributed by atoms with Crippen molar-refractivity contribution in [1.82, 2.24) is 10.2 Å². The van der Waals surface area contributed by atoms with E-state index >= 15 is 0 Å². The molecule has 24 heavy (non-hydrogen) atoms. The van der Waals surface area contributed by atoms with Gasteiger partial charge in [-0.05, 0) is 17.7 Å². The molecule has 5 nitrogen and oxygen atoms in total. The highest BCUT2D eigenvalue weighted by Gasteiger charge is 2.28. The van der Waals surface area contributed by atoms with Gasteiger partial charge in [0.1, 0.15) is 9.04 Å². The number of hydrogen-bond donors (Lipinski definition) is 2. The summed E-state index contributed by atoms with van der Waals surface area (Å²) in [5.74, 6) is 0.301. The lowest BCUT2D eigenvalue weighted by molar-refractivity contribution is 0.598. The summed E-state index contributed by atoms with van der Waals surface area (Å²) < 4.78 is 26.6. The summed E-state index contributed by atoms with van der Waals surface area (Å²) in [6, 6.07) is 17.8. The lowest BCUT2D eigenvalue weighted by atomic mass is 10.1. The molecule has 0 unspecified atom stereocenters. The van der Waals surface area contributed by atoms with Crippen LogP contribution in [0, 0.1) is 0 Å². The van der Waals surface area contributed by atoms with Crippen LogP contribution in [0.25, 0.3) is 21.3 Å². The summed E-state index contributed by atoms with van der Waals surface area (Å²) in [6.07, 6.45) is 0. The molecule has 0 amide bonds. The second kappa shape index (κ2) is 5.47. The molecule has 120 valence electrons. The van der Waals surface area contributed by atoms with Crippen molar-refractivity contribution in [2.24, 2.45) is 0 Å². The van der Waals surface area contributed by atoms with Crippen LogP contribution >= 0.6 is 11.3 Å². The number of nitrogen functional groups attached to an aromatic ring is 1. The molecule has 0 aliphatic carbocycles. The number of nitrogens with two attached hydrogens (primary N) is 1. The van der Waals surface area contributed by atoms with Crippen LogP contribution in [0.3, 0.4) is 0 Å². The number of benzene rings is 2. The third kappa shape index (κ3) is 2.21. The molecule has 7 heteroatoms. The standard InChI is InChI=1S/C17H13N3O2S2/c18-15-14-13(11-7-3-1-4-8-11)17(23-16(14)20-19-15)24(21,22)12-9-5-2-6-10-12/h1-10H,(H3,18,19,20). The first-order valence-electron chi connectivity index (χ1n) is 7.21. The number of sulfone groups is 1. The first kappa shape index (κ1) is 14.9. The van der Waals surface area contributed by atoms with Crippen LogP contribution in [0.4, 0.5) is 5.82 Å². The number of nitrogens with zero attached hydrogens (tertiary/aromatic N) is 1. The van der Waals surface area contributed by atoms with E-state index in [2.05, 4.69) is 10.2 Å². The molecule has 0 spiro atoms. The largest absolute Gasteiger partial charge is 0.382 e. The molecule has 0 aliphatic heterocycles. The normalized spacial score (nSPS) is 11.8. The molecule has 2 aromatic carbocycles. The summed E-state index contributed by atoms with van der Waals surface area (Å²) in [5.41, 5.74) is 7.38. The van der Waals surface area contributed by atoms with Crippen LogP contribution in [0.5, 0.6) is 0 Å². The van der Waals surface area contributed by atoms with Crippen molar-refractivity contribution in [3.63, 3.8) is 0 Å². The summed E-state index contributed by atoms with van der Waals surface area (Å²) >= 11 is 1.16. The minimum Gasteiger partial charge on any atom is -0.382 e. The lowest BCUT2D eigenvalue weighted by Gasteiger charge is -2.07. The molecule has 0 saturated carbocycles. The van der Waals surface area contributed by atoms with Gasteiger partial charge in [-0.25, -0.2) is 8.42 Å². The highest BCUT2D eigenvalue weighted by Crippen LogP contribution is 2.44. The highest BCUT2D eigenvalue weighted by atomic mass is 32.2. The summed E-state index contributed by atoms with van der Waals surface area (Å²) in [7, 11) is -3.65. The number of aromatic nitrogens is 2. The predicted molar refractivity (Wildman–Crippen MR) is 95.7 cm³/mol. The monoisotopic (exact) mass is 355 g/mol. The maximum atomic E-state index is 13.1. The van der Waals surface area contributed by atoms with Gasteiger partial charge in [-0.2, -0.15) is 5.10 Å². The van der Waals surface area contributed by atoms with Crippen LogP contribution in [-0.2, 0) is 9.84 Å². The van der Waals surface area contributed by atoms with E-state index in [1.165, 1.54) is 0 Å². The summed E-state index contributed by atoms with van der Waals surface area (Å²) in [4.78, 5) is 0.915. The number of thiophene rings is 1. The topological polar surface area (TPSA) is 88.8 Å². The maximum Gasteiger partial charge on any atom is 0.216 e. The second-order valence-electron chi connectivity index (χ2n) is 5.26. The summed E-state index contributed by atoms with van der Waals surface area (Å²) in [5, 5.41) is 7.48. The van der Waals surface area contributed by atoms with Gasteiger partial charge in [0, 0.05) is 5.56 Å². The predicted octanol–water partition coefficient (Wildman–Crippen LogP) is 3.71. The Labute approximate surface area is 142 Å². The van der Waals surface area contributed by atoms with Gasteiger partial charge in [0.2, 0.25) is 9.84 Å². The van der Waals surface area contributed by atoms with E-state index in [1.54, 1.807) is 30.3 Å². The second-order valence-corrected chi connectivity index (χ2v) is 8.43. The van der Waals surface area contributed by atoms with Crippen LogP contribution in [0.15, 0.2) is 69.8 Å². The maximum absolute atomic E-state index is 13.1. The molecule has 0 atom stereocenters. The Balaban J connectivity index is 2.07. The van der Waals surface area contributed by atoms with Crippen LogP contribution in [-0.4, -0.2) is 18.6 Å². The van der Waals surface area contributed by atoms with E-state index in [-0.39, 0.29) is 9.10 Å². The first-order chi connectivity index (χ1) is 11.6. The molecular weight excluding hydrogens is 342 g/mol. The van der Waals surface area contributed by atoms with Crippen molar-refractivity contribution < 1.29 is 8.42 Å².